The van der Waals surface area contributed by atoms with E-state index in [4.69, 9.17) is 4.74 Å². The van der Waals surface area contributed by atoms with Crippen LogP contribution in [0.4, 0.5) is 0 Å². The SMILES string of the molecule is COC(=O)C(C)(C)c1cc2ccccc2[nH]1. The third kappa shape index (κ3) is 1.58. The first-order valence-electron chi connectivity index (χ1n) is 5.22. The number of aromatic nitrogens is 1. The Balaban J connectivity index is 2.51. The summed E-state index contributed by atoms with van der Waals surface area (Å²) in [4.78, 5) is 14.9. The van der Waals surface area contributed by atoms with Gasteiger partial charge in [-0.3, -0.25) is 4.79 Å². The summed E-state index contributed by atoms with van der Waals surface area (Å²) in [7, 11) is 1.41. The maximum absolute atomic E-state index is 11.7. The van der Waals surface area contributed by atoms with E-state index in [0.29, 0.717) is 0 Å². The molecule has 0 aliphatic carbocycles. The Hall–Kier alpha value is -1.77. The van der Waals surface area contributed by atoms with E-state index in [9.17, 15) is 4.79 Å². The Morgan fingerprint density at radius 2 is 2.00 bits per heavy atom. The Bertz CT molecular complexity index is 492. The van der Waals surface area contributed by atoms with E-state index in [1.807, 2.05) is 44.2 Å². The molecular weight excluding hydrogens is 202 g/mol. The molecule has 1 heterocycles. The highest BCUT2D eigenvalue weighted by Crippen LogP contribution is 2.27. The fourth-order valence-electron chi connectivity index (χ4n) is 1.78. The predicted molar refractivity (Wildman–Crippen MR) is 63.3 cm³/mol. The number of carbonyl (C=O) groups excluding carboxylic acids is 1. The predicted octanol–water partition coefficient (Wildman–Crippen LogP) is 2.62. The molecule has 84 valence electrons. The molecular formula is C13H15NO2. The minimum absolute atomic E-state index is 0.237. The van der Waals surface area contributed by atoms with Gasteiger partial charge in [-0.15, -0.1) is 0 Å². The molecule has 0 aliphatic heterocycles. The van der Waals surface area contributed by atoms with Crippen LogP contribution < -0.4 is 0 Å². The number of H-pyrrole nitrogens is 1. The lowest BCUT2D eigenvalue weighted by atomic mass is 9.89. The molecule has 0 amide bonds. The molecule has 0 saturated carbocycles. The highest BCUT2D eigenvalue weighted by Gasteiger charge is 2.32. The van der Waals surface area contributed by atoms with Crippen molar-refractivity contribution >= 4 is 16.9 Å². The van der Waals surface area contributed by atoms with Gasteiger partial charge in [0.25, 0.3) is 0 Å². The van der Waals surface area contributed by atoms with Crippen molar-refractivity contribution in [2.75, 3.05) is 7.11 Å². The van der Waals surface area contributed by atoms with E-state index in [0.717, 1.165) is 16.6 Å². The zero-order valence-electron chi connectivity index (χ0n) is 9.70. The average Bonchev–Trinajstić information content (AvgIpc) is 2.72. The van der Waals surface area contributed by atoms with Gasteiger partial charge in [-0.05, 0) is 31.4 Å². The van der Waals surface area contributed by atoms with Gasteiger partial charge in [-0.1, -0.05) is 18.2 Å². The minimum Gasteiger partial charge on any atom is -0.468 e. The molecule has 2 rings (SSSR count). The summed E-state index contributed by atoms with van der Waals surface area (Å²) >= 11 is 0. The lowest BCUT2D eigenvalue weighted by Gasteiger charge is -2.19. The zero-order chi connectivity index (χ0) is 11.8. The van der Waals surface area contributed by atoms with Gasteiger partial charge in [-0.2, -0.15) is 0 Å². The van der Waals surface area contributed by atoms with E-state index in [1.165, 1.54) is 7.11 Å². The van der Waals surface area contributed by atoms with Gasteiger partial charge >= 0.3 is 5.97 Å². The molecule has 0 unspecified atom stereocenters. The summed E-state index contributed by atoms with van der Waals surface area (Å²) in [5, 5.41) is 1.11. The molecule has 0 radical (unpaired) electrons. The molecule has 1 aromatic heterocycles. The lowest BCUT2D eigenvalue weighted by molar-refractivity contribution is -0.146. The van der Waals surface area contributed by atoms with E-state index >= 15 is 0 Å². The van der Waals surface area contributed by atoms with Crippen molar-refractivity contribution in [2.24, 2.45) is 0 Å². The highest BCUT2D eigenvalue weighted by molar-refractivity contribution is 5.86. The molecule has 0 saturated heterocycles. The number of rotatable bonds is 2. The summed E-state index contributed by atoms with van der Waals surface area (Å²) in [6, 6.07) is 9.94. The second kappa shape index (κ2) is 3.67. The van der Waals surface area contributed by atoms with Crippen molar-refractivity contribution in [1.29, 1.82) is 0 Å². The van der Waals surface area contributed by atoms with Crippen LogP contribution in [-0.2, 0) is 14.9 Å². The third-order valence-electron chi connectivity index (χ3n) is 2.90. The van der Waals surface area contributed by atoms with E-state index in [1.54, 1.807) is 0 Å². The summed E-state index contributed by atoms with van der Waals surface area (Å²) in [5.41, 5.74) is 1.27. The summed E-state index contributed by atoms with van der Waals surface area (Å²) in [6.07, 6.45) is 0. The molecule has 1 aromatic carbocycles. The second-order valence-electron chi connectivity index (χ2n) is 4.39. The summed E-state index contributed by atoms with van der Waals surface area (Å²) in [6.45, 7) is 3.70. The van der Waals surface area contributed by atoms with Crippen LogP contribution in [0.3, 0.4) is 0 Å². The number of hydrogen-bond acceptors (Lipinski definition) is 2. The van der Waals surface area contributed by atoms with Crippen LogP contribution in [0.2, 0.25) is 0 Å². The number of ether oxygens (including phenoxy) is 1. The zero-order valence-corrected chi connectivity index (χ0v) is 9.70. The van der Waals surface area contributed by atoms with Crippen molar-refractivity contribution in [3.8, 4) is 0 Å². The number of hydrogen-bond donors (Lipinski definition) is 1. The molecule has 2 aromatic rings. The molecule has 0 fully saturated rings. The van der Waals surface area contributed by atoms with Crippen LogP contribution in [-0.4, -0.2) is 18.1 Å². The number of benzene rings is 1. The van der Waals surface area contributed by atoms with E-state index in [2.05, 4.69) is 4.98 Å². The molecule has 16 heavy (non-hydrogen) atoms. The number of methoxy groups -OCH3 is 1. The van der Waals surface area contributed by atoms with Crippen LogP contribution in [0, 0.1) is 0 Å². The van der Waals surface area contributed by atoms with Gasteiger partial charge in [-0.25, -0.2) is 0 Å². The Labute approximate surface area is 94.4 Å². The topological polar surface area (TPSA) is 42.1 Å². The normalized spacial score (nSPS) is 11.7. The Morgan fingerprint density at radius 1 is 1.31 bits per heavy atom. The monoisotopic (exact) mass is 217 g/mol. The van der Waals surface area contributed by atoms with Crippen LogP contribution >= 0.6 is 0 Å². The van der Waals surface area contributed by atoms with Crippen molar-refractivity contribution in [3.63, 3.8) is 0 Å². The first-order chi connectivity index (χ1) is 7.55. The molecule has 0 bridgehead atoms. The number of para-hydroxylation sites is 1. The smallest absolute Gasteiger partial charge is 0.317 e. The largest absolute Gasteiger partial charge is 0.468 e. The summed E-state index contributed by atoms with van der Waals surface area (Å²) < 4.78 is 4.81. The first-order valence-corrected chi connectivity index (χ1v) is 5.22. The fourth-order valence-corrected chi connectivity index (χ4v) is 1.78. The highest BCUT2D eigenvalue weighted by atomic mass is 16.5. The third-order valence-corrected chi connectivity index (χ3v) is 2.90. The standard InChI is InChI=1S/C13H15NO2/c1-13(2,12(15)16-3)11-8-9-6-4-5-7-10(9)14-11/h4-8,14H,1-3H3. The van der Waals surface area contributed by atoms with Crippen LogP contribution in [0.15, 0.2) is 30.3 Å². The minimum atomic E-state index is -0.645. The maximum atomic E-state index is 11.7. The molecule has 0 spiro atoms. The number of esters is 1. The van der Waals surface area contributed by atoms with Crippen molar-refractivity contribution in [1.82, 2.24) is 4.98 Å². The van der Waals surface area contributed by atoms with Gasteiger partial charge in [0, 0.05) is 11.2 Å². The van der Waals surface area contributed by atoms with Crippen molar-refractivity contribution in [3.05, 3.63) is 36.0 Å². The fraction of sp³-hybridized carbons (Fsp3) is 0.308. The Morgan fingerprint density at radius 3 is 2.62 bits per heavy atom. The molecule has 1 N–H and O–H groups in total. The lowest BCUT2D eigenvalue weighted by Crippen LogP contribution is -2.30. The number of nitrogens with one attached hydrogen (secondary N) is 1. The van der Waals surface area contributed by atoms with E-state index in [-0.39, 0.29) is 5.97 Å². The van der Waals surface area contributed by atoms with Crippen LogP contribution in [0.5, 0.6) is 0 Å². The summed E-state index contributed by atoms with van der Waals surface area (Å²) in [5.74, 6) is -0.237. The van der Waals surface area contributed by atoms with Crippen molar-refractivity contribution < 1.29 is 9.53 Å². The number of carbonyl (C=O) groups is 1. The molecule has 3 nitrogen and oxygen atoms in total. The Kier molecular flexibility index (Phi) is 2.46. The van der Waals surface area contributed by atoms with Gasteiger partial charge in [0.15, 0.2) is 0 Å². The average molecular weight is 217 g/mol. The van der Waals surface area contributed by atoms with Gasteiger partial charge in [0.1, 0.15) is 5.41 Å². The van der Waals surface area contributed by atoms with Crippen molar-refractivity contribution in [2.45, 2.75) is 19.3 Å². The van der Waals surface area contributed by atoms with Gasteiger partial charge in [0.2, 0.25) is 0 Å². The van der Waals surface area contributed by atoms with Gasteiger partial charge < -0.3 is 9.72 Å². The quantitative estimate of drug-likeness (QED) is 0.786. The molecule has 3 heteroatoms. The second-order valence-corrected chi connectivity index (χ2v) is 4.39. The van der Waals surface area contributed by atoms with Crippen LogP contribution in [0.1, 0.15) is 19.5 Å². The van der Waals surface area contributed by atoms with E-state index < -0.39 is 5.41 Å². The molecule has 0 aliphatic rings. The number of fused-ring (bicyclic) bond motifs is 1. The number of aromatic amines is 1. The van der Waals surface area contributed by atoms with Crippen LogP contribution in [0.25, 0.3) is 10.9 Å². The van der Waals surface area contributed by atoms with Gasteiger partial charge in [0.05, 0.1) is 7.11 Å². The maximum Gasteiger partial charge on any atom is 0.317 e. The first kappa shape index (κ1) is 10.7. The molecule has 0 atom stereocenters.